The van der Waals surface area contributed by atoms with Crippen LogP contribution in [0.5, 0.6) is 0 Å². The molecule has 0 aliphatic carbocycles. The summed E-state index contributed by atoms with van der Waals surface area (Å²) >= 11 is 0. The highest BCUT2D eigenvalue weighted by molar-refractivity contribution is 5.70. The SMILES string of the molecule is CC(C)(C)OC(=O)N1CCC(c2cc(N)c(N3CCCC(F)(F)C3)c(F)c2)CC1. The normalized spacial score (nSPS) is 20.6. The number of halogens is 3. The minimum absolute atomic E-state index is 0.0577. The summed E-state index contributed by atoms with van der Waals surface area (Å²) in [4.78, 5) is 15.2. The van der Waals surface area contributed by atoms with Gasteiger partial charge in [-0.25, -0.2) is 18.0 Å². The molecular formula is C21H30F3N3O2. The van der Waals surface area contributed by atoms with Crippen molar-refractivity contribution in [3.63, 3.8) is 0 Å². The average molecular weight is 413 g/mol. The molecule has 2 saturated heterocycles. The monoisotopic (exact) mass is 413 g/mol. The highest BCUT2D eigenvalue weighted by Gasteiger charge is 2.37. The summed E-state index contributed by atoms with van der Waals surface area (Å²) in [6, 6.07) is 3.10. The van der Waals surface area contributed by atoms with Crippen LogP contribution in [0.25, 0.3) is 0 Å². The second-order valence-corrected chi connectivity index (χ2v) is 9.06. The zero-order valence-corrected chi connectivity index (χ0v) is 17.3. The number of ether oxygens (including phenoxy) is 1. The number of hydrogen-bond acceptors (Lipinski definition) is 4. The predicted molar refractivity (Wildman–Crippen MR) is 107 cm³/mol. The van der Waals surface area contributed by atoms with Crippen LogP contribution in [0.2, 0.25) is 0 Å². The first-order valence-electron chi connectivity index (χ1n) is 10.1. The number of likely N-dealkylation sites (tertiary alicyclic amines) is 1. The number of nitrogen functional groups attached to an aromatic ring is 1. The summed E-state index contributed by atoms with van der Waals surface area (Å²) in [7, 11) is 0. The van der Waals surface area contributed by atoms with Crippen molar-refractivity contribution in [2.45, 2.75) is 63.9 Å². The number of amides is 1. The van der Waals surface area contributed by atoms with Crippen molar-refractivity contribution < 1.29 is 22.7 Å². The van der Waals surface area contributed by atoms with E-state index in [0.717, 1.165) is 5.56 Å². The number of rotatable bonds is 2. The molecule has 2 N–H and O–H groups in total. The average Bonchev–Trinajstić information content (AvgIpc) is 2.59. The molecule has 8 heteroatoms. The number of benzene rings is 1. The van der Waals surface area contributed by atoms with Crippen LogP contribution < -0.4 is 10.6 Å². The van der Waals surface area contributed by atoms with Gasteiger partial charge in [-0.3, -0.25) is 0 Å². The Hall–Kier alpha value is -2.12. The Morgan fingerprint density at radius 3 is 2.41 bits per heavy atom. The van der Waals surface area contributed by atoms with Crippen LogP contribution in [0, 0.1) is 5.82 Å². The van der Waals surface area contributed by atoms with E-state index in [0.29, 0.717) is 38.9 Å². The minimum Gasteiger partial charge on any atom is -0.444 e. The van der Waals surface area contributed by atoms with E-state index in [1.54, 1.807) is 11.0 Å². The molecule has 0 saturated carbocycles. The second kappa shape index (κ2) is 7.95. The van der Waals surface area contributed by atoms with E-state index in [-0.39, 0.29) is 29.8 Å². The quantitative estimate of drug-likeness (QED) is 0.711. The van der Waals surface area contributed by atoms with Crippen LogP contribution in [-0.4, -0.2) is 48.7 Å². The Balaban J connectivity index is 1.68. The molecule has 2 fully saturated rings. The maximum Gasteiger partial charge on any atom is 0.410 e. The van der Waals surface area contributed by atoms with Crippen molar-refractivity contribution in [1.82, 2.24) is 4.90 Å². The van der Waals surface area contributed by atoms with Gasteiger partial charge in [0.25, 0.3) is 5.92 Å². The molecule has 162 valence electrons. The highest BCUT2D eigenvalue weighted by atomic mass is 19.3. The lowest BCUT2D eigenvalue weighted by atomic mass is 9.88. The van der Waals surface area contributed by atoms with Crippen molar-refractivity contribution in [2.24, 2.45) is 0 Å². The van der Waals surface area contributed by atoms with Crippen molar-refractivity contribution in [3.05, 3.63) is 23.5 Å². The van der Waals surface area contributed by atoms with E-state index < -0.39 is 23.9 Å². The standard InChI is InChI=1S/C21H30F3N3O2/c1-20(2,3)29-19(28)26-9-5-14(6-10-26)15-11-16(22)18(17(25)12-15)27-8-4-7-21(23,24)13-27/h11-12,14H,4-10,13,25H2,1-3H3. The van der Waals surface area contributed by atoms with Gasteiger partial charge in [0.2, 0.25) is 0 Å². The Morgan fingerprint density at radius 1 is 1.21 bits per heavy atom. The molecule has 5 nitrogen and oxygen atoms in total. The first-order chi connectivity index (χ1) is 13.5. The molecule has 29 heavy (non-hydrogen) atoms. The molecule has 1 aromatic carbocycles. The van der Waals surface area contributed by atoms with E-state index >= 15 is 0 Å². The number of piperidine rings is 2. The van der Waals surface area contributed by atoms with Gasteiger partial charge in [-0.05, 0) is 63.6 Å². The van der Waals surface area contributed by atoms with Crippen molar-refractivity contribution in [3.8, 4) is 0 Å². The van der Waals surface area contributed by atoms with Gasteiger partial charge in [-0.15, -0.1) is 0 Å². The Kier molecular flexibility index (Phi) is 5.92. The van der Waals surface area contributed by atoms with E-state index in [4.69, 9.17) is 10.5 Å². The zero-order chi connectivity index (χ0) is 21.4. The molecule has 0 radical (unpaired) electrons. The van der Waals surface area contributed by atoms with Crippen LogP contribution in [0.4, 0.5) is 29.3 Å². The molecule has 0 spiro atoms. The molecule has 0 bridgehead atoms. The molecular weight excluding hydrogens is 383 g/mol. The highest BCUT2D eigenvalue weighted by Crippen LogP contribution is 2.38. The fourth-order valence-electron chi connectivity index (χ4n) is 4.09. The number of nitrogens with zero attached hydrogens (tertiary/aromatic N) is 2. The van der Waals surface area contributed by atoms with Gasteiger partial charge in [0.15, 0.2) is 0 Å². The van der Waals surface area contributed by atoms with Gasteiger partial charge in [-0.2, -0.15) is 0 Å². The number of hydrogen-bond donors (Lipinski definition) is 1. The second-order valence-electron chi connectivity index (χ2n) is 9.06. The Labute approximate surface area is 170 Å². The third-order valence-electron chi connectivity index (χ3n) is 5.44. The summed E-state index contributed by atoms with van der Waals surface area (Å²) in [6.45, 7) is 6.35. The third kappa shape index (κ3) is 5.28. The molecule has 0 aromatic heterocycles. The summed E-state index contributed by atoms with van der Waals surface area (Å²) in [5, 5.41) is 0. The summed E-state index contributed by atoms with van der Waals surface area (Å²) in [5.74, 6) is -3.33. The molecule has 0 atom stereocenters. The fraction of sp³-hybridized carbons (Fsp3) is 0.667. The van der Waals surface area contributed by atoms with Gasteiger partial charge in [0.1, 0.15) is 11.4 Å². The molecule has 3 rings (SSSR count). The Bertz CT molecular complexity index is 733. The molecule has 0 unspecified atom stereocenters. The van der Waals surface area contributed by atoms with E-state index in [2.05, 4.69) is 0 Å². The van der Waals surface area contributed by atoms with Gasteiger partial charge in [0.05, 0.1) is 17.9 Å². The van der Waals surface area contributed by atoms with E-state index in [1.807, 2.05) is 20.8 Å². The van der Waals surface area contributed by atoms with Gasteiger partial charge in [0, 0.05) is 26.1 Å². The van der Waals surface area contributed by atoms with Crippen LogP contribution in [0.15, 0.2) is 12.1 Å². The van der Waals surface area contributed by atoms with Crippen molar-refractivity contribution in [1.29, 1.82) is 0 Å². The topological polar surface area (TPSA) is 58.8 Å². The maximum absolute atomic E-state index is 14.8. The number of alkyl halides is 2. The first kappa shape index (κ1) is 21.6. The van der Waals surface area contributed by atoms with Gasteiger partial charge < -0.3 is 20.3 Å². The minimum atomic E-state index is -2.83. The fourth-order valence-corrected chi connectivity index (χ4v) is 4.09. The summed E-state index contributed by atoms with van der Waals surface area (Å²) in [5.41, 5.74) is 6.54. The van der Waals surface area contributed by atoms with Gasteiger partial charge in [-0.1, -0.05) is 0 Å². The number of nitrogens with two attached hydrogens (primary N) is 1. The number of anilines is 2. The third-order valence-corrected chi connectivity index (χ3v) is 5.44. The zero-order valence-electron chi connectivity index (χ0n) is 17.3. The van der Waals surface area contributed by atoms with Crippen LogP contribution >= 0.6 is 0 Å². The smallest absolute Gasteiger partial charge is 0.410 e. The molecule has 1 aromatic rings. The molecule has 2 aliphatic rings. The molecule has 2 aliphatic heterocycles. The summed E-state index contributed by atoms with van der Waals surface area (Å²) in [6.07, 6.45) is 1.11. The van der Waals surface area contributed by atoms with E-state index in [1.165, 1.54) is 11.0 Å². The largest absolute Gasteiger partial charge is 0.444 e. The molecule has 2 heterocycles. The lowest BCUT2D eigenvalue weighted by molar-refractivity contribution is -0.0117. The van der Waals surface area contributed by atoms with Crippen molar-refractivity contribution in [2.75, 3.05) is 36.8 Å². The Morgan fingerprint density at radius 2 is 1.86 bits per heavy atom. The van der Waals surface area contributed by atoms with E-state index in [9.17, 15) is 18.0 Å². The van der Waals surface area contributed by atoms with Crippen LogP contribution in [-0.2, 0) is 4.74 Å². The number of carbonyl (C=O) groups excluding carboxylic acids is 1. The van der Waals surface area contributed by atoms with Crippen molar-refractivity contribution >= 4 is 17.5 Å². The first-order valence-corrected chi connectivity index (χ1v) is 10.1. The predicted octanol–water partition coefficient (Wildman–Crippen LogP) is 4.76. The number of carbonyl (C=O) groups is 1. The van der Waals surface area contributed by atoms with Gasteiger partial charge >= 0.3 is 6.09 Å². The lowest BCUT2D eigenvalue weighted by Crippen LogP contribution is -2.43. The maximum atomic E-state index is 14.8. The summed E-state index contributed by atoms with van der Waals surface area (Å²) < 4.78 is 47.7. The van der Waals surface area contributed by atoms with Crippen LogP contribution in [0.1, 0.15) is 57.9 Å². The lowest BCUT2D eigenvalue weighted by Gasteiger charge is -2.36. The molecule has 1 amide bonds. The van der Waals surface area contributed by atoms with Crippen LogP contribution in [0.3, 0.4) is 0 Å².